The fourth-order valence-corrected chi connectivity index (χ4v) is 2.74. The molecular weight excluding hydrogens is 331 g/mol. The van der Waals surface area contributed by atoms with Crippen LogP contribution in [0.25, 0.3) is 0 Å². The Morgan fingerprint density at radius 1 is 0.957 bits per heavy atom. The van der Waals surface area contributed by atoms with E-state index in [0.29, 0.717) is 12.1 Å². The third-order valence-electron chi connectivity index (χ3n) is 3.03. The molecule has 8 heteroatoms. The molecule has 0 aliphatic rings. The number of alkyl halides is 3. The van der Waals surface area contributed by atoms with Crippen molar-refractivity contribution in [1.82, 2.24) is 4.72 Å². The average Bonchev–Trinajstić information content (AvgIpc) is 2.46. The average molecular weight is 343 g/mol. The Morgan fingerprint density at radius 3 is 1.96 bits per heavy atom. The molecule has 0 saturated heterocycles. The van der Waals surface area contributed by atoms with Gasteiger partial charge >= 0.3 is 6.18 Å². The minimum Gasteiger partial charge on any atom is -0.268 e. The standard InChI is InChI=1S/C15H12F3NO3S/c1-10-2-8-13(9-3-10)23(21,22)19-14(20)11-4-6-12(7-5-11)15(16,17)18/h2-9H,1H3,(H,19,20). The lowest BCUT2D eigenvalue weighted by Gasteiger charge is -2.09. The molecule has 0 bridgehead atoms. The smallest absolute Gasteiger partial charge is 0.268 e. The second kappa shape index (κ2) is 6.04. The summed E-state index contributed by atoms with van der Waals surface area (Å²) >= 11 is 0. The first-order valence-electron chi connectivity index (χ1n) is 6.41. The molecule has 1 amide bonds. The van der Waals surface area contributed by atoms with E-state index < -0.39 is 27.7 Å². The Kier molecular flexibility index (Phi) is 4.46. The van der Waals surface area contributed by atoms with Gasteiger partial charge in [-0.2, -0.15) is 13.2 Å². The molecule has 0 spiro atoms. The summed E-state index contributed by atoms with van der Waals surface area (Å²) in [7, 11) is -4.08. The van der Waals surface area contributed by atoms with Gasteiger partial charge < -0.3 is 0 Å². The van der Waals surface area contributed by atoms with Gasteiger partial charge in [0.15, 0.2) is 0 Å². The molecule has 2 aromatic rings. The highest BCUT2D eigenvalue weighted by atomic mass is 32.2. The van der Waals surface area contributed by atoms with Crippen molar-refractivity contribution >= 4 is 15.9 Å². The molecule has 0 heterocycles. The van der Waals surface area contributed by atoms with Crippen molar-refractivity contribution < 1.29 is 26.4 Å². The van der Waals surface area contributed by atoms with Crippen molar-refractivity contribution in [3.63, 3.8) is 0 Å². The Balaban J connectivity index is 2.19. The molecule has 0 radical (unpaired) electrons. The maximum Gasteiger partial charge on any atom is 0.416 e. The van der Waals surface area contributed by atoms with Crippen LogP contribution in [-0.4, -0.2) is 14.3 Å². The van der Waals surface area contributed by atoms with Crippen molar-refractivity contribution in [2.45, 2.75) is 18.0 Å². The van der Waals surface area contributed by atoms with Gasteiger partial charge in [-0.1, -0.05) is 17.7 Å². The number of aryl methyl sites for hydroxylation is 1. The minimum absolute atomic E-state index is 0.108. The highest BCUT2D eigenvalue weighted by Crippen LogP contribution is 2.29. The van der Waals surface area contributed by atoms with Gasteiger partial charge in [-0.15, -0.1) is 0 Å². The number of carbonyl (C=O) groups excluding carboxylic acids is 1. The number of carbonyl (C=O) groups is 1. The molecule has 1 N–H and O–H groups in total. The first kappa shape index (κ1) is 17.0. The molecule has 0 aliphatic heterocycles. The third-order valence-corrected chi connectivity index (χ3v) is 4.38. The number of rotatable bonds is 3. The van der Waals surface area contributed by atoms with Crippen molar-refractivity contribution in [3.8, 4) is 0 Å². The Hall–Kier alpha value is -2.35. The van der Waals surface area contributed by atoms with Crippen LogP contribution in [0.15, 0.2) is 53.4 Å². The summed E-state index contributed by atoms with van der Waals surface area (Å²) in [5, 5.41) is 0. The van der Waals surface area contributed by atoms with Gasteiger partial charge in [-0.05, 0) is 43.3 Å². The van der Waals surface area contributed by atoms with E-state index in [1.807, 2.05) is 4.72 Å². The quantitative estimate of drug-likeness (QED) is 0.931. The predicted molar refractivity (Wildman–Crippen MR) is 77.3 cm³/mol. The van der Waals surface area contributed by atoms with Gasteiger partial charge in [0.1, 0.15) is 0 Å². The van der Waals surface area contributed by atoms with E-state index in [-0.39, 0.29) is 10.5 Å². The van der Waals surface area contributed by atoms with Crippen molar-refractivity contribution in [2.24, 2.45) is 0 Å². The van der Waals surface area contributed by atoms with Crippen LogP contribution in [0.2, 0.25) is 0 Å². The molecule has 0 atom stereocenters. The topological polar surface area (TPSA) is 63.2 Å². The van der Waals surface area contributed by atoms with Crippen LogP contribution in [0.4, 0.5) is 13.2 Å². The molecular formula is C15H12F3NO3S. The lowest BCUT2D eigenvalue weighted by molar-refractivity contribution is -0.137. The molecule has 2 aromatic carbocycles. The van der Waals surface area contributed by atoms with Crippen LogP contribution in [0.3, 0.4) is 0 Å². The molecule has 2 rings (SSSR count). The number of sulfonamides is 1. The Morgan fingerprint density at radius 2 is 1.48 bits per heavy atom. The third kappa shape index (κ3) is 4.10. The molecule has 4 nitrogen and oxygen atoms in total. The molecule has 0 aliphatic carbocycles. The molecule has 0 unspecified atom stereocenters. The second-order valence-electron chi connectivity index (χ2n) is 4.82. The lowest BCUT2D eigenvalue weighted by atomic mass is 10.1. The summed E-state index contributed by atoms with van der Waals surface area (Å²) < 4.78 is 63.2. The number of hydrogen-bond donors (Lipinski definition) is 1. The first-order chi connectivity index (χ1) is 10.6. The minimum atomic E-state index is -4.52. The maximum absolute atomic E-state index is 12.4. The molecule has 0 aromatic heterocycles. The first-order valence-corrected chi connectivity index (χ1v) is 7.89. The van der Waals surface area contributed by atoms with Gasteiger partial charge in [0.05, 0.1) is 10.5 Å². The van der Waals surface area contributed by atoms with Gasteiger partial charge in [0, 0.05) is 5.56 Å². The zero-order valence-electron chi connectivity index (χ0n) is 11.9. The van der Waals surface area contributed by atoms with Gasteiger partial charge in [-0.3, -0.25) is 4.79 Å². The van der Waals surface area contributed by atoms with Gasteiger partial charge in [-0.25, -0.2) is 13.1 Å². The highest BCUT2D eigenvalue weighted by molar-refractivity contribution is 7.90. The van der Waals surface area contributed by atoms with E-state index >= 15 is 0 Å². The summed E-state index contributed by atoms with van der Waals surface area (Å²) in [6.45, 7) is 1.77. The molecule has 122 valence electrons. The van der Waals surface area contributed by atoms with Crippen LogP contribution in [0.1, 0.15) is 21.5 Å². The summed E-state index contributed by atoms with van der Waals surface area (Å²) in [4.78, 5) is 11.8. The second-order valence-corrected chi connectivity index (χ2v) is 6.51. The number of benzene rings is 2. The zero-order chi connectivity index (χ0) is 17.3. The monoisotopic (exact) mass is 343 g/mol. The fourth-order valence-electron chi connectivity index (χ4n) is 1.77. The van der Waals surface area contributed by atoms with E-state index in [9.17, 15) is 26.4 Å². The molecule has 23 heavy (non-hydrogen) atoms. The van der Waals surface area contributed by atoms with Crippen LogP contribution in [0.5, 0.6) is 0 Å². The number of halogens is 3. The van der Waals surface area contributed by atoms with Crippen LogP contribution in [-0.2, 0) is 16.2 Å². The zero-order valence-corrected chi connectivity index (χ0v) is 12.7. The number of nitrogens with one attached hydrogen (secondary N) is 1. The van der Waals surface area contributed by atoms with Gasteiger partial charge in [0.25, 0.3) is 15.9 Å². The van der Waals surface area contributed by atoms with E-state index in [0.717, 1.165) is 17.7 Å². The highest BCUT2D eigenvalue weighted by Gasteiger charge is 2.30. The van der Waals surface area contributed by atoms with Gasteiger partial charge in [0.2, 0.25) is 0 Å². The largest absolute Gasteiger partial charge is 0.416 e. The SMILES string of the molecule is Cc1ccc(S(=O)(=O)NC(=O)c2ccc(C(F)(F)F)cc2)cc1. The molecule has 0 saturated carbocycles. The van der Waals surface area contributed by atoms with Crippen molar-refractivity contribution in [2.75, 3.05) is 0 Å². The maximum atomic E-state index is 12.4. The van der Waals surface area contributed by atoms with E-state index in [1.54, 1.807) is 19.1 Å². The molecule has 0 fully saturated rings. The Labute approximate surface area is 131 Å². The van der Waals surface area contributed by atoms with E-state index in [2.05, 4.69) is 0 Å². The predicted octanol–water partition coefficient (Wildman–Crippen LogP) is 3.13. The van der Waals surface area contributed by atoms with Crippen molar-refractivity contribution in [3.05, 3.63) is 65.2 Å². The van der Waals surface area contributed by atoms with Crippen LogP contribution < -0.4 is 4.72 Å². The van der Waals surface area contributed by atoms with Crippen LogP contribution in [0, 0.1) is 6.92 Å². The lowest BCUT2D eigenvalue weighted by Crippen LogP contribution is -2.30. The summed E-state index contributed by atoms with van der Waals surface area (Å²) in [5.74, 6) is -1.00. The Bertz CT molecular complexity index is 811. The summed E-state index contributed by atoms with van der Waals surface area (Å²) in [5.41, 5.74) is -0.262. The summed E-state index contributed by atoms with van der Waals surface area (Å²) in [6, 6.07) is 9.07. The normalized spacial score (nSPS) is 12.0. The number of hydrogen-bond acceptors (Lipinski definition) is 3. The van der Waals surface area contributed by atoms with E-state index in [4.69, 9.17) is 0 Å². The summed E-state index contributed by atoms with van der Waals surface area (Å²) in [6.07, 6.45) is -4.52. The van der Waals surface area contributed by atoms with E-state index in [1.165, 1.54) is 12.1 Å². The fraction of sp³-hybridized carbons (Fsp3) is 0.133. The van der Waals surface area contributed by atoms with Crippen LogP contribution >= 0.6 is 0 Å². The van der Waals surface area contributed by atoms with Crippen molar-refractivity contribution in [1.29, 1.82) is 0 Å². The number of amides is 1.